The van der Waals surface area contributed by atoms with Crippen molar-refractivity contribution in [2.24, 2.45) is 5.92 Å². The molecule has 1 aromatic rings. The fourth-order valence-corrected chi connectivity index (χ4v) is 2.40. The number of aliphatic carboxylic acids is 1. The number of urea groups is 1. The molecule has 0 saturated carbocycles. The molecule has 1 aromatic carbocycles. The second-order valence-electron chi connectivity index (χ2n) is 4.91. The molecule has 1 unspecified atom stereocenters. The van der Waals surface area contributed by atoms with E-state index in [1.54, 1.807) is 16.8 Å². The first-order valence-electron chi connectivity index (χ1n) is 6.37. The van der Waals surface area contributed by atoms with Gasteiger partial charge in [0.1, 0.15) is 0 Å². The Labute approximate surface area is 112 Å². The largest absolute Gasteiger partial charge is 0.481 e. The van der Waals surface area contributed by atoms with Gasteiger partial charge >= 0.3 is 12.0 Å². The highest BCUT2D eigenvalue weighted by Crippen LogP contribution is 2.23. The molecule has 19 heavy (non-hydrogen) atoms. The molecule has 1 heterocycles. The third-order valence-corrected chi connectivity index (χ3v) is 3.36. The minimum absolute atomic E-state index is 0.0298. The van der Waals surface area contributed by atoms with Crippen molar-refractivity contribution in [2.75, 3.05) is 25.0 Å². The Morgan fingerprint density at radius 1 is 1.32 bits per heavy atom. The third kappa shape index (κ3) is 3.24. The van der Waals surface area contributed by atoms with Crippen molar-refractivity contribution in [2.45, 2.75) is 12.8 Å². The zero-order valence-corrected chi connectivity index (χ0v) is 11.0. The smallest absolute Gasteiger partial charge is 0.324 e. The summed E-state index contributed by atoms with van der Waals surface area (Å²) in [6, 6.07) is 9.45. The van der Waals surface area contributed by atoms with Gasteiger partial charge in [0.05, 0.1) is 0 Å². The number of anilines is 1. The van der Waals surface area contributed by atoms with Crippen LogP contribution >= 0.6 is 0 Å². The number of hydrogen-bond acceptors (Lipinski definition) is 2. The quantitative estimate of drug-likeness (QED) is 0.903. The molecule has 0 bridgehead atoms. The molecule has 1 saturated heterocycles. The zero-order valence-electron chi connectivity index (χ0n) is 11.0. The summed E-state index contributed by atoms with van der Waals surface area (Å²) in [7, 11) is 1.76. The molecule has 1 fully saturated rings. The molecule has 0 aliphatic carbocycles. The lowest BCUT2D eigenvalue weighted by molar-refractivity contribution is -0.137. The summed E-state index contributed by atoms with van der Waals surface area (Å²) in [4.78, 5) is 26.2. The highest BCUT2D eigenvalue weighted by atomic mass is 16.4. The maximum absolute atomic E-state index is 12.1. The van der Waals surface area contributed by atoms with Crippen LogP contribution in [0.25, 0.3) is 0 Å². The fraction of sp³-hybridized carbons (Fsp3) is 0.429. The van der Waals surface area contributed by atoms with Crippen molar-refractivity contribution in [3.05, 3.63) is 30.3 Å². The second kappa shape index (κ2) is 5.73. The summed E-state index contributed by atoms with van der Waals surface area (Å²) < 4.78 is 0. The lowest BCUT2D eigenvalue weighted by atomic mass is 9.99. The van der Waals surface area contributed by atoms with E-state index in [1.807, 2.05) is 30.3 Å². The van der Waals surface area contributed by atoms with Crippen LogP contribution in [0.2, 0.25) is 0 Å². The van der Waals surface area contributed by atoms with E-state index in [4.69, 9.17) is 5.11 Å². The Kier molecular flexibility index (Phi) is 4.04. The average Bonchev–Trinajstić information content (AvgIpc) is 2.41. The van der Waals surface area contributed by atoms with Crippen LogP contribution < -0.4 is 4.90 Å². The Balaban J connectivity index is 2.09. The van der Waals surface area contributed by atoms with Gasteiger partial charge < -0.3 is 10.0 Å². The monoisotopic (exact) mass is 262 g/mol. The number of nitrogens with zero attached hydrogens (tertiary/aromatic N) is 2. The predicted octanol–water partition coefficient (Wildman–Crippen LogP) is 2.04. The first-order valence-corrected chi connectivity index (χ1v) is 6.37. The number of para-hydroxylation sites is 1. The Morgan fingerprint density at radius 2 is 2.00 bits per heavy atom. The first-order chi connectivity index (χ1) is 9.08. The number of carbonyl (C=O) groups excluding carboxylic acids is 1. The molecule has 2 rings (SSSR count). The first kappa shape index (κ1) is 13.4. The summed E-state index contributed by atoms with van der Waals surface area (Å²) >= 11 is 0. The summed E-state index contributed by atoms with van der Waals surface area (Å²) in [6.07, 6.45) is 0.742. The summed E-state index contributed by atoms with van der Waals surface area (Å²) in [5.74, 6) is -0.593. The van der Waals surface area contributed by atoms with E-state index in [1.165, 1.54) is 0 Å². The van der Waals surface area contributed by atoms with Crippen molar-refractivity contribution in [1.82, 2.24) is 4.90 Å². The molecule has 102 valence electrons. The molecule has 5 nitrogen and oxygen atoms in total. The average molecular weight is 262 g/mol. The zero-order chi connectivity index (χ0) is 13.8. The topological polar surface area (TPSA) is 60.9 Å². The molecule has 0 radical (unpaired) electrons. The van der Waals surface area contributed by atoms with Gasteiger partial charge in [0.15, 0.2) is 0 Å². The summed E-state index contributed by atoms with van der Waals surface area (Å²) in [5, 5.41) is 8.75. The van der Waals surface area contributed by atoms with Crippen molar-refractivity contribution < 1.29 is 14.7 Å². The van der Waals surface area contributed by atoms with Gasteiger partial charge in [-0.25, -0.2) is 4.79 Å². The Bertz CT molecular complexity index is 461. The number of rotatable bonds is 4. The minimum Gasteiger partial charge on any atom is -0.481 e. The molecular formula is C14H18N2O3. The lowest BCUT2D eigenvalue weighted by Gasteiger charge is -2.38. The van der Waals surface area contributed by atoms with Crippen LogP contribution in [-0.4, -0.2) is 42.1 Å². The SMILES string of the molecule is CN1CC(CCC(=O)O)CN(c2ccccc2)C1=O. The normalized spacial score (nSPS) is 19.6. The van der Waals surface area contributed by atoms with Gasteiger partial charge in [0.2, 0.25) is 0 Å². The van der Waals surface area contributed by atoms with E-state index in [-0.39, 0.29) is 18.4 Å². The van der Waals surface area contributed by atoms with Gasteiger partial charge in [-0.15, -0.1) is 0 Å². The van der Waals surface area contributed by atoms with Crippen LogP contribution in [0, 0.1) is 5.92 Å². The number of amides is 2. The standard InChI is InChI=1S/C14H18N2O3/c1-15-9-11(7-8-13(17)18)10-16(14(15)19)12-5-3-2-4-6-12/h2-6,11H,7-10H2,1H3,(H,17,18). The van der Waals surface area contributed by atoms with E-state index >= 15 is 0 Å². The highest BCUT2D eigenvalue weighted by Gasteiger charge is 2.30. The summed E-state index contributed by atoms with van der Waals surface area (Å²) in [5.41, 5.74) is 0.861. The molecule has 1 N–H and O–H groups in total. The van der Waals surface area contributed by atoms with Crippen LogP contribution in [0.3, 0.4) is 0 Å². The van der Waals surface area contributed by atoms with Crippen LogP contribution in [-0.2, 0) is 4.79 Å². The molecular weight excluding hydrogens is 244 g/mol. The van der Waals surface area contributed by atoms with Gasteiger partial charge in [-0.2, -0.15) is 0 Å². The number of carbonyl (C=O) groups is 2. The molecule has 1 atom stereocenters. The van der Waals surface area contributed by atoms with E-state index in [2.05, 4.69) is 0 Å². The van der Waals surface area contributed by atoms with E-state index in [0.717, 1.165) is 5.69 Å². The van der Waals surface area contributed by atoms with Crippen molar-refractivity contribution in [1.29, 1.82) is 0 Å². The van der Waals surface area contributed by atoms with Gasteiger partial charge in [0, 0.05) is 32.2 Å². The van der Waals surface area contributed by atoms with Gasteiger partial charge in [0.25, 0.3) is 0 Å². The third-order valence-electron chi connectivity index (χ3n) is 3.36. The number of hydrogen-bond donors (Lipinski definition) is 1. The number of benzene rings is 1. The highest BCUT2D eigenvalue weighted by molar-refractivity contribution is 5.92. The predicted molar refractivity (Wildman–Crippen MR) is 72.2 cm³/mol. The molecule has 0 spiro atoms. The maximum Gasteiger partial charge on any atom is 0.324 e. The second-order valence-corrected chi connectivity index (χ2v) is 4.91. The summed E-state index contributed by atoms with van der Waals surface area (Å²) in [6.45, 7) is 1.20. The molecule has 5 heteroatoms. The lowest BCUT2D eigenvalue weighted by Crippen LogP contribution is -2.52. The fourth-order valence-electron chi connectivity index (χ4n) is 2.40. The van der Waals surface area contributed by atoms with Gasteiger partial charge in [-0.3, -0.25) is 9.69 Å². The Morgan fingerprint density at radius 3 is 2.63 bits per heavy atom. The van der Waals surface area contributed by atoms with Crippen molar-refractivity contribution >= 4 is 17.7 Å². The maximum atomic E-state index is 12.1. The van der Waals surface area contributed by atoms with Crippen LogP contribution in [0.4, 0.5) is 10.5 Å². The molecule has 1 aliphatic rings. The Hall–Kier alpha value is -2.04. The number of carboxylic acids is 1. The minimum atomic E-state index is -0.786. The van der Waals surface area contributed by atoms with E-state index in [0.29, 0.717) is 19.5 Å². The van der Waals surface area contributed by atoms with Gasteiger partial charge in [-0.1, -0.05) is 18.2 Å². The van der Waals surface area contributed by atoms with E-state index < -0.39 is 5.97 Å². The van der Waals surface area contributed by atoms with Crippen molar-refractivity contribution in [3.63, 3.8) is 0 Å². The van der Waals surface area contributed by atoms with Gasteiger partial charge in [-0.05, 0) is 24.5 Å². The van der Waals surface area contributed by atoms with Crippen LogP contribution in [0.5, 0.6) is 0 Å². The van der Waals surface area contributed by atoms with Crippen molar-refractivity contribution in [3.8, 4) is 0 Å². The molecule has 2 amide bonds. The van der Waals surface area contributed by atoms with Crippen LogP contribution in [0.1, 0.15) is 12.8 Å². The van der Waals surface area contributed by atoms with Crippen LogP contribution in [0.15, 0.2) is 30.3 Å². The number of carboxylic acid groups (broad SMARTS) is 1. The van der Waals surface area contributed by atoms with E-state index in [9.17, 15) is 9.59 Å². The molecule has 1 aliphatic heterocycles. The molecule has 0 aromatic heterocycles.